The molecule has 0 N–H and O–H groups in total. The SMILES string of the molecule is S=c1n(CN2CCC[C@H]2c2ccccc2)nc(N2CCCCC2)n1C1CC1. The standard InChI is InChI=1S/C21H29N5S/c27-21-25(16-24-15-7-10-19(24)17-8-3-1-4-9-17)22-20(26(21)18-11-12-18)23-13-5-2-6-14-23/h1,3-4,8-9,18-19H,2,5-7,10-16H2/t19-/m0/s1. The van der Waals surface area contributed by atoms with Gasteiger partial charge in [0.15, 0.2) is 0 Å². The number of piperidine rings is 1. The molecule has 0 radical (unpaired) electrons. The largest absolute Gasteiger partial charge is 0.341 e. The predicted molar refractivity (Wildman–Crippen MR) is 111 cm³/mol. The first-order chi connectivity index (χ1) is 13.3. The highest BCUT2D eigenvalue weighted by atomic mass is 32.1. The first-order valence-corrected chi connectivity index (χ1v) is 11.0. The molecule has 1 atom stereocenters. The van der Waals surface area contributed by atoms with Gasteiger partial charge in [0.2, 0.25) is 10.7 Å². The van der Waals surface area contributed by atoms with E-state index < -0.39 is 0 Å². The fourth-order valence-corrected chi connectivity index (χ4v) is 5.01. The van der Waals surface area contributed by atoms with Crippen LogP contribution in [-0.4, -0.2) is 38.9 Å². The highest BCUT2D eigenvalue weighted by Crippen LogP contribution is 2.39. The molecule has 0 unspecified atom stereocenters. The van der Waals surface area contributed by atoms with Gasteiger partial charge in [-0.15, -0.1) is 5.10 Å². The third-order valence-corrected chi connectivity index (χ3v) is 6.67. The molecule has 5 rings (SSSR count). The summed E-state index contributed by atoms with van der Waals surface area (Å²) in [6, 6.07) is 12.0. The second kappa shape index (κ2) is 7.40. The average molecular weight is 384 g/mol. The molecule has 6 heteroatoms. The van der Waals surface area contributed by atoms with Crippen molar-refractivity contribution in [2.24, 2.45) is 0 Å². The predicted octanol–water partition coefficient (Wildman–Crippen LogP) is 4.53. The number of rotatable bonds is 5. The maximum Gasteiger partial charge on any atom is 0.226 e. The number of nitrogens with zero attached hydrogens (tertiary/aromatic N) is 5. The Morgan fingerprint density at radius 1 is 0.926 bits per heavy atom. The van der Waals surface area contributed by atoms with Crippen LogP contribution in [0.4, 0.5) is 5.95 Å². The zero-order valence-corrected chi connectivity index (χ0v) is 16.8. The first-order valence-electron chi connectivity index (χ1n) is 10.5. The van der Waals surface area contributed by atoms with E-state index in [1.54, 1.807) is 0 Å². The summed E-state index contributed by atoms with van der Waals surface area (Å²) >= 11 is 5.90. The van der Waals surface area contributed by atoms with E-state index in [9.17, 15) is 0 Å². The number of likely N-dealkylation sites (tertiary alicyclic amines) is 1. The maximum atomic E-state index is 5.90. The van der Waals surface area contributed by atoms with E-state index in [0.29, 0.717) is 12.1 Å². The van der Waals surface area contributed by atoms with Crippen LogP contribution in [0.2, 0.25) is 0 Å². The van der Waals surface area contributed by atoms with E-state index in [4.69, 9.17) is 17.3 Å². The minimum absolute atomic E-state index is 0.484. The highest BCUT2D eigenvalue weighted by molar-refractivity contribution is 7.71. The number of benzene rings is 1. The smallest absolute Gasteiger partial charge is 0.226 e. The molecule has 0 amide bonds. The Kier molecular flexibility index (Phi) is 4.78. The molecule has 1 aromatic heterocycles. The molecule has 0 spiro atoms. The summed E-state index contributed by atoms with van der Waals surface area (Å²) in [6.07, 6.45) is 8.84. The molecular weight excluding hydrogens is 354 g/mol. The van der Waals surface area contributed by atoms with Crippen molar-refractivity contribution in [3.05, 3.63) is 40.7 Å². The van der Waals surface area contributed by atoms with E-state index >= 15 is 0 Å². The van der Waals surface area contributed by atoms with Gasteiger partial charge in [-0.25, -0.2) is 4.68 Å². The summed E-state index contributed by atoms with van der Waals surface area (Å²) in [5, 5.41) is 5.05. The Morgan fingerprint density at radius 3 is 2.44 bits per heavy atom. The summed E-state index contributed by atoms with van der Waals surface area (Å²) in [5.74, 6) is 1.12. The quantitative estimate of drug-likeness (QED) is 0.709. The molecule has 144 valence electrons. The fourth-order valence-electron chi connectivity index (χ4n) is 4.68. The van der Waals surface area contributed by atoms with Crippen molar-refractivity contribution >= 4 is 18.2 Å². The number of anilines is 1. The lowest BCUT2D eigenvalue weighted by molar-refractivity contribution is 0.189. The zero-order chi connectivity index (χ0) is 18.2. The molecule has 27 heavy (non-hydrogen) atoms. The van der Waals surface area contributed by atoms with Crippen LogP contribution in [0, 0.1) is 4.77 Å². The lowest BCUT2D eigenvalue weighted by Gasteiger charge is -2.27. The molecule has 1 saturated carbocycles. The molecule has 3 aliphatic rings. The Bertz CT molecular complexity index is 832. The Morgan fingerprint density at radius 2 is 1.70 bits per heavy atom. The van der Waals surface area contributed by atoms with Gasteiger partial charge in [0.1, 0.15) is 0 Å². The molecule has 3 heterocycles. The Labute approximate surface area is 166 Å². The van der Waals surface area contributed by atoms with Crippen LogP contribution in [0.1, 0.15) is 62.6 Å². The molecule has 2 saturated heterocycles. The lowest BCUT2D eigenvalue weighted by Crippen LogP contribution is -2.32. The Hall–Kier alpha value is -1.66. The zero-order valence-electron chi connectivity index (χ0n) is 16.0. The van der Waals surface area contributed by atoms with Crippen molar-refractivity contribution < 1.29 is 0 Å². The highest BCUT2D eigenvalue weighted by Gasteiger charge is 2.32. The molecule has 3 fully saturated rings. The van der Waals surface area contributed by atoms with Gasteiger partial charge < -0.3 is 4.90 Å². The van der Waals surface area contributed by atoms with Gasteiger partial charge in [-0.3, -0.25) is 9.47 Å². The summed E-state index contributed by atoms with van der Waals surface area (Å²) in [7, 11) is 0. The summed E-state index contributed by atoms with van der Waals surface area (Å²) in [4.78, 5) is 5.02. The van der Waals surface area contributed by atoms with Gasteiger partial charge in [-0.1, -0.05) is 30.3 Å². The van der Waals surface area contributed by atoms with Crippen molar-refractivity contribution in [1.82, 2.24) is 19.2 Å². The average Bonchev–Trinajstić information content (AvgIpc) is 3.36. The molecule has 5 nitrogen and oxygen atoms in total. The Balaban J connectivity index is 1.42. The van der Waals surface area contributed by atoms with Crippen molar-refractivity contribution in [3.8, 4) is 0 Å². The van der Waals surface area contributed by atoms with Gasteiger partial charge in [0, 0.05) is 31.7 Å². The van der Waals surface area contributed by atoms with Crippen molar-refractivity contribution in [3.63, 3.8) is 0 Å². The minimum atomic E-state index is 0.484. The van der Waals surface area contributed by atoms with E-state index in [1.807, 2.05) is 0 Å². The van der Waals surface area contributed by atoms with Crippen molar-refractivity contribution in [2.75, 3.05) is 24.5 Å². The van der Waals surface area contributed by atoms with Crippen LogP contribution in [-0.2, 0) is 6.67 Å². The number of hydrogen-bond acceptors (Lipinski definition) is 4. The molecular formula is C21H29N5S. The third kappa shape index (κ3) is 3.45. The monoisotopic (exact) mass is 383 g/mol. The van der Waals surface area contributed by atoms with Gasteiger partial charge in [-0.05, 0) is 62.7 Å². The first kappa shape index (κ1) is 17.4. The second-order valence-electron chi connectivity index (χ2n) is 8.25. The van der Waals surface area contributed by atoms with Crippen LogP contribution >= 0.6 is 12.2 Å². The topological polar surface area (TPSA) is 29.2 Å². The minimum Gasteiger partial charge on any atom is -0.341 e. The molecule has 1 aliphatic carbocycles. The van der Waals surface area contributed by atoms with Gasteiger partial charge in [0.05, 0.1) is 6.67 Å². The third-order valence-electron chi connectivity index (χ3n) is 6.27. The van der Waals surface area contributed by atoms with Crippen LogP contribution in [0.15, 0.2) is 30.3 Å². The van der Waals surface area contributed by atoms with Gasteiger partial charge in [0.25, 0.3) is 0 Å². The lowest BCUT2D eigenvalue weighted by atomic mass is 10.1. The van der Waals surface area contributed by atoms with E-state index in [1.165, 1.54) is 50.5 Å². The van der Waals surface area contributed by atoms with E-state index in [-0.39, 0.29) is 0 Å². The van der Waals surface area contributed by atoms with Crippen molar-refractivity contribution in [1.29, 1.82) is 0 Å². The normalized spacial score (nSPS) is 23.9. The van der Waals surface area contributed by atoms with Crippen molar-refractivity contribution in [2.45, 2.75) is 63.7 Å². The maximum absolute atomic E-state index is 5.90. The van der Waals surface area contributed by atoms with Crippen LogP contribution in [0.3, 0.4) is 0 Å². The van der Waals surface area contributed by atoms with Crippen LogP contribution in [0.5, 0.6) is 0 Å². The van der Waals surface area contributed by atoms with E-state index in [0.717, 1.165) is 37.0 Å². The van der Waals surface area contributed by atoms with Crippen LogP contribution in [0.25, 0.3) is 0 Å². The van der Waals surface area contributed by atoms with Crippen LogP contribution < -0.4 is 4.90 Å². The number of aromatic nitrogens is 3. The number of hydrogen-bond donors (Lipinski definition) is 0. The van der Waals surface area contributed by atoms with Gasteiger partial charge in [-0.2, -0.15) is 0 Å². The van der Waals surface area contributed by atoms with E-state index in [2.05, 4.69) is 49.4 Å². The fraction of sp³-hybridized carbons (Fsp3) is 0.619. The van der Waals surface area contributed by atoms with Gasteiger partial charge >= 0.3 is 0 Å². The molecule has 1 aromatic carbocycles. The summed E-state index contributed by atoms with van der Waals surface area (Å²) in [6.45, 7) is 4.17. The summed E-state index contributed by atoms with van der Waals surface area (Å²) in [5.41, 5.74) is 1.42. The molecule has 2 aliphatic heterocycles. The summed E-state index contributed by atoms with van der Waals surface area (Å²) < 4.78 is 5.37. The molecule has 0 bridgehead atoms. The second-order valence-corrected chi connectivity index (χ2v) is 8.62. The molecule has 2 aromatic rings.